The molecule has 2 aromatic rings. The van der Waals surface area contributed by atoms with Crippen molar-refractivity contribution < 1.29 is 0 Å². The second-order valence-electron chi connectivity index (χ2n) is 3.75. The maximum atomic E-state index is 9.22. The summed E-state index contributed by atoms with van der Waals surface area (Å²) in [7, 11) is 0. The summed E-state index contributed by atoms with van der Waals surface area (Å²) in [5.41, 5.74) is 2.68. The van der Waals surface area contributed by atoms with Crippen LogP contribution in [-0.4, -0.2) is 10.2 Å². The lowest BCUT2D eigenvalue weighted by molar-refractivity contribution is 0.884. The number of nitriles is 1. The van der Waals surface area contributed by atoms with Gasteiger partial charge in [-0.05, 0) is 24.6 Å². The number of aryl methyl sites for hydroxylation is 1. The van der Waals surface area contributed by atoms with Crippen LogP contribution in [0.1, 0.15) is 22.7 Å². The molecule has 0 N–H and O–H groups in total. The van der Waals surface area contributed by atoms with Crippen molar-refractivity contribution in [1.82, 2.24) is 10.2 Å². The van der Waals surface area contributed by atoms with Crippen LogP contribution >= 0.6 is 11.6 Å². The largest absolute Gasteiger partial charge is 0.197 e. The van der Waals surface area contributed by atoms with E-state index in [1.165, 1.54) is 0 Å². The minimum Gasteiger partial charge on any atom is -0.197 e. The van der Waals surface area contributed by atoms with Gasteiger partial charge in [0.25, 0.3) is 0 Å². The molecule has 2 rings (SSSR count). The fraction of sp³-hybridized carbons (Fsp3) is 0.154. The smallest absolute Gasteiger partial charge is 0.151 e. The summed E-state index contributed by atoms with van der Waals surface area (Å²) >= 11 is 5.67. The number of nitrogens with zero attached hydrogens (tertiary/aromatic N) is 3. The van der Waals surface area contributed by atoms with E-state index in [0.717, 1.165) is 11.1 Å². The highest BCUT2D eigenvalue weighted by Gasteiger charge is 2.14. The summed E-state index contributed by atoms with van der Waals surface area (Å²) in [5, 5.41) is 17.2. The fourth-order valence-electron chi connectivity index (χ4n) is 1.55. The lowest BCUT2D eigenvalue weighted by Crippen LogP contribution is -2.02. The lowest BCUT2D eigenvalue weighted by Gasteiger charge is -2.08. The van der Waals surface area contributed by atoms with Crippen molar-refractivity contribution in [3.8, 4) is 6.07 Å². The van der Waals surface area contributed by atoms with E-state index in [1.807, 2.05) is 31.2 Å². The van der Waals surface area contributed by atoms with Gasteiger partial charge in [-0.1, -0.05) is 41.4 Å². The van der Waals surface area contributed by atoms with Gasteiger partial charge in [0.05, 0.1) is 11.8 Å². The molecule has 0 aliphatic rings. The van der Waals surface area contributed by atoms with Crippen LogP contribution in [0.5, 0.6) is 0 Å². The van der Waals surface area contributed by atoms with Gasteiger partial charge in [0, 0.05) is 0 Å². The van der Waals surface area contributed by atoms with Gasteiger partial charge in [-0.3, -0.25) is 0 Å². The van der Waals surface area contributed by atoms with Gasteiger partial charge in [-0.25, -0.2) is 0 Å². The molecular formula is C13H10ClN3. The van der Waals surface area contributed by atoms with Gasteiger partial charge in [0.1, 0.15) is 5.92 Å². The van der Waals surface area contributed by atoms with Gasteiger partial charge < -0.3 is 0 Å². The van der Waals surface area contributed by atoms with E-state index in [2.05, 4.69) is 16.3 Å². The van der Waals surface area contributed by atoms with Crippen molar-refractivity contribution in [2.75, 3.05) is 0 Å². The molecule has 0 fully saturated rings. The second-order valence-corrected chi connectivity index (χ2v) is 4.14. The molecule has 0 spiro atoms. The van der Waals surface area contributed by atoms with E-state index in [9.17, 15) is 5.26 Å². The van der Waals surface area contributed by atoms with Crippen molar-refractivity contribution in [3.63, 3.8) is 0 Å². The van der Waals surface area contributed by atoms with Crippen LogP contribution in [-0.2, 0) is 0 Å². The Balaban J connectivity index is 2.37. The van der Waals surface area contributed by atoms with Gasteiger partial charge in [0.15, 0.2) is 5.15 Å². The Labute approximate surface area is 105 Å². The monoisotopic (exact) mass is 243 g/mol. The van der Waals surface area contributed by atoms with Crippen molar-refractivity contribution in [1.29, 1.82) is 5.26 Å². The Kier molecular flexibility index (Phi) is 3.36. The average Bonchev–Trinajstić information content (AvgIpc) is 2.35. The molecule has 3 nitrogen and oxygen atoms in total. The first-order chi connectivity index (χ1) is 8.20. The summed E-state index contributed by atoms with van der Waals surface area (Å²) in [4.78, 5) is 0. The van der Waals surface area contributed by atoms with E-state index in [-0.39, 0.29) is 0 Å². The van der Waals surface area contributed by atoms with Crippen LogP contribution in [0.15, 0.2) is 36.4 Å². The molecule has 0 radical (unpaired) electrons. The van der Waals surface area contributed by atoms with Gasteiger partial charge >= 0.3 is 0 Å². The zero-order valence-corrected chi connectivity index (χ0v) is 10.0. The molecule has 0 amide bonds. The zero-order valence-electron chi connectivity index (χ0n) is 9.26. The Bertz CT molecular complexity index is 495. The maximum Gasteiger partial charge on any atom is 0.151 e. The van der Waals surface area contributed by atoms with Crippen LogP contribution in [0.4, 0.5) is 0 Å². The number of halogens is 1. The summed E-state index contributed by atoms with van der Waals surface area (Å²) in [6, 6.07) is 13.4. The number of rotatable bonds is 2. The molecule has 84 valence electrons. The van der Waals surface area contributed by atoms with E-state index in [4.69, 9.17) is 11.6 Å². The minimum absolute atomic E-state index is 0.328. The Hall–Kier alpha value is -1.92. The van der Waals surface area contributed by atoms with Gasteiger partial charge in [-0.15, -0.1) is 5.10 Å². The lowest BCUT2D eigenvalue weighted by atomic mass is 9.96. The number of hydrogen-bond donors (Lipinski definition) is 0. The summed E-state index contributed by atoms with van der Waals surface area (Å²) in [6.07, 6.45) is 0. The van der Waals surface area contributed by atoms with Crippen LogP contribution in [0.3, 0.4) is 0 Å². The third-order valence-electron chi connectivity index (χ3n) is 2.49. The van der Waals surface area contributed by atoms with Crippen LogP contribution in [0, 0.1) is 18.3 Å². The molecule has 0 aliphatic carbocycles. The Morgan fingerprint density at radius 2 is 1.82 bits per heavy atom. The number of benzene rings is 1. The van der Waals surface area contributed by atoms with Crippen molar-refractivity contribution in [2.45, 2.75) is 12.8 Å². The van der Waals surface area contributed by atoms with Crippen LogP contribution in [0.25, 0.3) is 0 Å². The van der Waals surface area contributed by atoms with E-state index >= 15 is 0 Å². The predicted molar refractivity (Wildman–Crippen MR) is 65.7 cm³/mol. The highest BCUT2D eigenvalue weighted by Crippen LogP contribution is 2.22. The predicted octanol–water partition coefficient (Wildman–Crippen LogP) is 3.09. The average molecular weight is 244 g/mol. The summed E-state index contributed by atoms with van der Waals surface area (Å²) in [6.45, 7) is 2.01. The molecule has 0 bridgehead atoms. The normalized spacial score (nSPS) is 11.8. The summed E-state index contributed by atoms with van der Waals surface area (Å²) < 4.78 is 0. The van der Waals surface area contributed by atoms with Crippen molar-refractivity contribution in [3.05, 3.63) is 58.4 Å². The Morgan fingerprint density at radius 1 is 1.12 bits per heavy atom. The van der Waals surface area contributed by atoms with E-state index < -0.39 is 5.92 Å². The first-order valence-electron chi connectivity index (χ1n) is 5.16. The van der Waals surface area contributed by atoms with E-state index in [0.29, 0.717) is 10.8 Å². The van der Waals surface area contributed by atoms with Crippen LogP contribution in [0.2, 0.25) is 5.15 Å². The zero-order chi connectivity index (χ0) is 12.3. The molecule has 0 saturated heterocycles. The SMILES string of the molecule is Cc1ccc([C@H](C#N)c2ccc(Cl)nn2)cc1. The van der Waals surface area contributed by atoms with Crippen molar-refractivity contribution >= 4 is 11.6 Å². The number of aromatic nitrogens is 2. The molecule has 1 atom stereocenters. The topological polar surface area (TPSA) is 49.6 Å². The molecular weight excluding hydrogens is 234 g/mol. The minimum atomic E-state index is -0.402. The molecule has 17 heavy (non-hydrogen) atoms. The van der Waals surface area contributed by atoms with Crippen molar-refractivity contribution in [2.24, 2.45) is 0 Å². The molecule has 0 aliphatic heterocycles. The highest BCUT2D eigenvalue weighted by molar-refractivity contribution is 6.29. The van der Waals surface area contributed by atoms with Gasteiger partial charge in [-0.2, -0.15) is 10.4 Å². The quantitative estimate of drug-likeness (QED) is 0.814. The summed E-state index contributed by atoms with van der Waals surface area (Å²) in [5.74, 6) is -0.402. The maximum absolute atomic E-state index is 9.22. The second kappa shape index (κ2) is 4.94. The molecule has 0 unspecified atom stereocenters. The van der Waals surface area contributed by atoms with Gasteiger partial charge in [0.2, 0.25) is 0 Å². The van der Waals surface area contributed by atoms with E-state index in [1.54, 1.807) is 12.1 Å². The Morgan fingerprint density at radius 3 is 2.35 bits per heavy atom. The molecule has 1 aromatic heterocycles. The standard InChI is InChI=1S/C13H10ClN3/c1-9-2-4-10(5-3-9)11(8-15)12-6-7-13(14)17-16-12/h2-7,11H,1H3/t11-/m0/s1. The third-order valence-corrected chi connectivity index (χ3v) is 2.69. The van der Waals surface area contributed by atoms with Crippen LogP contribution < -0.4 is 0 Å². The first kappa shape index (κ1) is 11.6. The number of hydrogen-bond acceptors (Lipinski definition) is 3. The fourth-order valence-corrected chi connectivity index (χ4v) is 1.65. The first-order valence-corrected chi connectivity index (χ1v) is 5.54. The molecule has 1 aromatic carbocycles. The third kappa shape index (κ3) is 2.61. The highest BCUT2D eigenvalue weighted by atomic mass is 35.5. The molecule has 0 saturated carbocycles. The molecule has 4 heteroatoms. The molecule has 1 heterocycles.